The number of carbonyl (C=O) groups is 12. The molecule has 10 atom stereocenters. The first-order valence-corrected chi connectivity index (χ1v) is 50.9. The second-order valence-corrected chi connectivity index (χ2v) is 39.4. The first kappa shape index (κ1) is 113. The predicted octanol–water partition coefficient (Wildman–Crippen LogP) is 22.0. The summed E-state index contributed by atoms with van der Waals surface area (Å²) in [7, 11) is 1.30. The smallest absolute Gasteiger partial charge is 0.407 e. The van der Waals surface area contributed by atoms with Crippen molar-refractivity contribution >= 4 is 111 Å². The minimum absolute atomic E-state index is 0.00693. The monoisotopic (exact) mass is 2050 g/mol. The number of H-pyrrole nitrogens is 1. The zero-order valence-corrected chi connectivity index (χ0v) is 89.3. The van der Waals surface area contributed by atoms with E-state index in [2.05, 4.69) is 68.0 Å². The van der Waals surface area contributed by atoms with Crippen molar-refractivity contribution in [3.8, 4) is 56.0 Å². The van der Waals surface area contributed by atoms with Gasteiger partial charge in [-0.15, -0.1) is 0 Å². The number of hydrogen-bond acceptors (Lipinski definition) is 23. The Morgan fingerprint density at radius 1 is 0.387 bits per heavy atom. The molecule has 11 aromatic rings. The van der Waals surface area contributed by atoms with Crippen molar-refractivity contribution < 1.29 is 105 Å². The van der Waals surface area contributed by atoms with Gasteiger partial charge in [-0.3, -0.25) is 24.0 Å². The van der Waals surface area contributed by atoms with Crippen LogP contribution in [-0.2, 0) is 70.1 Å². The number of aliphatic hydroxyl groups is 1. The van der Waals surface area contributed by atoms with Crippen LogP contribution in [0.1, 0.15) is 268 Å². The van der Waals surface area contributed by atoms with Gasteiger partial charge in [-0.2, -0.15) is 0 Å². The number of nitrogens with zero attached hydrogens (tertiary/aromatic N) is 5. The standard InChI is InChI=1S/C24H27N3O3.C24H30N2O4.C23H29N3O3.C23H28N2O6.C22H26N2O6/c1-14(2)30-24(29)26-22-11-15(3)27(16(4)28)23-8-7-18(12-20(22)23)19-6-5-17-9-10-25-21(17)13-19;1-15(2)30-24(29)25-22-12-16(3)26(17(4)28)23-9-8-20(14-21(22)23)19-7-5-6-18(13-19)10-11-27;1-14(2)29-23(28)25-21-10-15(3)26(16(4)27)22-9-8-19(12-20(21)22)18-7-5-6-17(11-18)13-24;1-6-29-22(27)21-10-9-20(31-21)16-7-8-19-17(12-16)18(24-23(28)30-13(2)3)11-14(4)25(19)15(5)26;1-12(2)30-22(27)23-18-10-13(3)24(14(4)25)19-7-6-15(11-17(18)19)20-16(8-9-29-20)21(26)28-5/h5-10,12-15,22,25H,11H2,1-4H3,(H,26,29);5-9,13-16,22,27H,10-12H2,1-4H3,(H,25,29);5-9,11-12,14-15,21H,10,13,24H2,1-4H3,(H,25,28);7-10,12-14,18H,6,11H2,1-5H3,(H,24,28);6-9,11-13,18H,10H2,1-5H3,(H,23,27)/t15-,22+;16-,22+;15-,21+;14-,18+;13-,18+/m00000/s1. The van der Waals surface area contributed by atoms with Crippen LogP contribution in [0.2, 0.25) is 0 Å². The van der Waals surface area contributed by atoms with Gasteiger partial charge in [0.05, 0.1) is 80.7 Å². The van der Waals surface area contributed by atoms with Crippen molar-refractivity contribution in [3.05, 3.63) is 245 Å². The number of anilines is 5. The number of esters is 2. The number of nitrogens with one attached hydrogen (secondary N) is 6. The van der Waals surface area contributed by atoms with Gasteiger partial charge in [0.15, 0.2) is 0 Å². The van der Waals surface area contributed by atoms with Crippen molar-refractivity contribution in [2.45, 2.75) is 281 Å². The lowest BCUT2D eigenvalue weighted by Crippen LogP contribution is -2.45. The van der Waals surface area contributed by atoms with Crippen LogP contribution in [0.25, 0.3) is 66.9 Å². The summed E-state index contributed by atoms with van der Waals surface area (Å²) in [6.07, 6.45) is 3.35. The molecule has 0 saturated carbocycles. The van der Waals surface area contributed by atoms with Gasteiger partial charge in [0.2, 0.25) is 35.3 Å². The average molecular weight is 2050 g/mol. The lowest BCUT2D eigenvalue weighted by atomic mass is 9.89. The highest BCUT2D eigenvalue weighted by atomic mass is 16.6. The van der Waals surface area contributed by atoms with Crippen molar-refractivity contribution in [3.63, 3.8) is 0 Å². The van der Waals surface area contributed by atoms with E-state index in [1.807, 2.05) is 198 Å². The molecule has 5 aliphatic rings. The fraction of sp³-hybridized carbons (Fsp3) is 0.397. The van der Waals surface area contributed by atoms with E-state index >= 15 is 0 Å². The lowest BCUT2D eigenvalue weighted by molar-refractivity contribution is -0.118. The van der Waals surface area contributed by atoms with Gasteiger partial charge < -0.3 is 109 Å². The van der Waals surface area contributed by atoms with Gasteiger partial charge in [0, 0.05) is 129 Å². The Balaban J connectivity index is 0.000000166. The van der Waals surface area contributed by atoms with E-state index in [1.54, 1.807) is 110 Å². The molecule has 9 N–H and O–H groups in total. The molecular weight excluding hydrogens is 1910 g/mol. The second-order valence-electron chi connectivity index (χ2n) is 39.4. The lowest BCUT2D eigenvalue weighted by Gasteiger charge is -2.39. The van der Waals surface area contributed by atoms with Gasteiger partial charge in [-0.1, -0.05) is 72.8 Å². The minimum atomic E-state index is -0.528. The number of amides is 10. The molecular formula is C116H140N12O22. The van der Waals surface area contributed by atoms with Crippen molar-refractivity contribution in [2.24, 2.45) is 5.73 Å². The topological polar surface area (TPSA) is 434 Å². The highest BCUT2D eigenvalue weighted by Crippen LogP contribution is 2.47. The zero-order valence-electron chi connectivity index (χ0n) is 89.3. The molecule has 34 nitrogen and oxygen atoms in total. The van der Waals surface area contributed by atoms with Crippen LogP contribution >= 0.6 is 0 Å². The van der Waals surface area contributed by atoms with Gasteiger partial charge in [-0.25, -0.2) is 33.6 Å². The minimum Gasteiger partial charge on any atom is -0.465 e. The molecule has 150 heavy (non-hydrogen) atoms. The van der Waals surface area contributed by atoms with E-state index in [0.717, 1.165) is 112 Å². The molecule has 0 aliphatic carbocycles. The van der Waals surface area contributed by atoms with E-state index < -0.39 is 42.4 Å². The molecule has 3 aromatic heterocycles. The maximum Gasteiger partial charge on any atom is 0.407 e. The molecule has 16 rings (SSSR count). The Kier molecular flexibility index (Phi) is 38.4. The highest BCUT2D eigenvalue weighted by molar-refractivity contribution is 6.00. The number of aromatic amines is 1. The normalized spacial score (nSPS) is 18.1. The average Bonchev–Trinajstić information content (AvgIpc) is 1.14. The number of fused-ring (bicyclic) bond motifs is 6. The molecule has 8 aromatic carbocycles. The van der Waals surface area contributed by atoms with Gasteiger partial charge >= 0.3 is 42.4 Å². The number of nitrogens with two attached hydrogens (primary N) is 1. The quantitative estimate of drug-likeness (QED) is 0.0245. The Bertz CT molecular complexity index is 6710. The summed E-state index contributed by atoms with van der Waals surface area (Å²) in [4.78, 5) is 159. The van der Waals surface area contributed by atoms with Gasteiger partial charge in [0.1, 0.15) is 17.1 Å². The number of furan rings is 2. The molecule has 34 heteroatoms. The van der Waals surface area contributed by atoms with Crippen LogP contribution in [0.5, 0.6) is 0 Å². The number of benzene rings is 8. The number of carbonyl (C=O) groups excluding carboxylic acids is 12. The number of hydrogen-bond donors (Lipinski definition) is 8. The maximum absolute atomic E-state index is 12.3. The largest absolute Gasteiger partial charge is 0.465 e. The summed E-state index contributed by atoms with van der Waals surface area (Å²) >= 11 is 0. The zero-order chi connectivity index (χ0) is 109. The highest BCUT2D eigenvalue weighted by Gasteiger charge is 2.41. The van der Waals surface area contributed by atoms with Crippen LogP contribution in [0.3, 0.4) is 0 Å². The summed E-state index contributed by atoms with van der Waals surface area (Å²) in [5, 5.41) is 25.1. The third-order valence-corrected chi connectivity index (χ3v) is 26.0. The first-order chi connectivity index (χ1) is 71.3. The van der Waals surface area contributed by atoms with Crippen molar-refractivity contribution in [1.82, 2.24) is 31.6 Å². The van der Waals surface area contributed by atoms with E-state index in [-0.39, 0.29) is 139 Å². The number of methoxy groups -OCH3 is 1. The van der Waals surface area contributed by atoms with Gasteiger partial charge in [-0.05, 0) is 336 Å². The second kappa shape index (κ2) is 50.9. The SMILES string of the molecule is CC(=O)N1c2ccc(-c3ccc4cc[nH]c4c3)cc2[C@H](NC(=O)OC(C)C)C[C@@H]1C.CC(=O)N1c2ccc(-c3cccc(CCO)c3)cc2[C@H](NC(=O)OC(C)C)C[C@@H]1C.CC(=O)N1c2ccc(-c3cccc(CN)c3)cc2[C@H](NC(=O)OC(C)C)C[C@@H]1C.CCOC(=O)c1ccc(-c2ccc3c(c2)[C@H](NC(=O)OC(C)C)C[C@H](C)N3C(C)=O)o1.COC(=O)c1ccoc1-c1ccc2c(c1)[C@H](NC(=O)OC(C)C)C[C@H](C)N2C(C)=O. The first-order valence-electron chi connectivity index (χ1n) is 50.9. The van der Waals surface area contributed by atoms with Crippen molar-refractivity contribution in [2.75, 3.05) is 44.8 Å². The third-order valence-electron chi connectivity index (χ3n) is 26.0. The van der Waals surface area contributed by atoms with Crippen LogP contribution < -0.4 is 56.8 Å². The molecule has 0 spiro atoms. The van der Waals surface area contributed by atoms with Crippen molar-refractivity contribution in [1.29, 1.82) is 0 Å². The summed E-state index contributed by atoms with van der Waals surface area (Å²) in [6.45, 7) is 38.2. The van der Waals surface area contributed by atoms with Crippen LogP contribution in [0.15, 0.2) is 203 Å². The van der Waals surface area contributed by atoms with E-state index in [9.17, 15) is 62.6 Å². The summed E-state index contributed by atoms with van der Waals surface area (Å²) in [6, 6.07) is 56.5. The Morgan fingerprint density at radius 2 is 0.707 bits per heavy atom. The number of aromatic nitrogens is 1. The van der Waals surface area contributed by atoms with Crippen LogP contribution in [-0.4, -0.2) is 163 Å². The number of ether oxygens (including phenoxy) is 7. The molecule has 5 aliphatic heterocycles. The Hall–Kier alpha value is -15.6. The fourth-order valence-electron chi connectivity index (χ4n) is 19.9. The van der Waals surface area contributed by atoms with E-state index in [1.165, 1.54) is 27.2 Å². The number of aliphatic hydroxyl groups excluding tert-OH is 1. The van der Waals surface area contributed by atoms with Crippen LogP contribution in [0, 0.1) is 0 Å². The molecule has 10 amide bonds. The molecule has 0 saturated heterocycles. The summed E-state index contributed by atoms with van der Waals surface area (Å²) in [5.41, 5.74) is 25.0. The van der Waals surface area contributed by atoms with E-state index in [0.29, 0.717) is 73.4 Å². The fourth-order valence-corrected chi connectivity index (χ4v) is 19.9. The van der Waals surface area contributed by atoms with Crippen LogP contribution in [0.4, 0.5) is 52.4 Å². The third kappa shape index (κ3) is 28.1. The summed E-state index contributed by atoms with van der Waals surface area (Å²) < 4.78 is 47.3. The molecule has 0 radical (unpaired) electrons. The molecule has 0 unspecified atom stereocenters. The molecule has 0 fully saturated rings. The maximum atomic E-state index is 12.3. The Labute approximate surface area is 875 Å². The predicted molar refractivity (Wildman–Crippen MR) is 575 cm³/mol. The Morgan fingerprint density at radius 3 is 1.05 bits per heavy atom. The number of rotatable bonds is 21. The summed E-state index contributed by atoms with van der Waals surface area (Å²) in [5.74, 6) is -0.283. The van der Waals surface area contributed by atoms with Gasteiger partial charge in [0.25, 0.3) is 0 Å². The molecule has 796 valence electrons. The molecule has 8 heterocycles. The van der Waals surface area contributed by atoms with E-state index in [4.69, 9.17) is 47.7 Å². The number of alkyl carbamates (subject to hydrolysis) is 5. The molecule has 0 bridgehead atoms.